The molecule has 2 heterocycles. The number of aromatic nitrogens is 2. The number of hydrogen-bond donors (Lipinski definition) is 2. The molecule has 5 heteroatoms. The van der Waals surface area contributed by atoms with Gasteiger partial charge in [0.05, 0.1) is 12.1 Å². The van der Waals surface area contributed by atoms with Gasteiger partial charge in [0, 0.05) is 24.6 Å². The molecular weight excluding hydrogens is 264 g/mol. The van der Waals surface area contributed by atoms with Crippen molar-refractivity contribution < 1.29 is 4.74 Å². The second-order valence-corrected chi connectivity index (χ2v) is 7.13. The molecule has 0 aliphatic carbocycles. The summed E-state index contributed by atoms with van der Waals surface area (Å²) in [5, 5.41) is 6.89. The molecule has 118 valence electrons. The van der Waals surface area contributed by atoms with E-state index in [-0.39, 0.29) is 11.0 Å². The fourth-order valence-corrected chi connectivity index (χ4v) is 2.27. The van der Waals surface area contributed by atoms with Crippen LogP contribution in [0.4, 0.5) is 11.6 Å². The van der Waals surface area contributed by atoms with Crippen molar-refractivity contribution in [3.05, 3.63) is 11.9 Å². The summed E-state index contributed by atoms with van der Waals surface area (Å²) < 4.78 is 5.50. The van der Waals surface area contributed by atoms with Crippen molar-refractivity contribution >= 4 is 11.6 Å². The van der Waals surface area contributed by atoms with Gasteiger partial charge in [0.15, 0.2) is 0 Å². The van der Waals surface area contributed by atoms with E-state index >= 15 is 0 Å². The first-order chi connectivity index (χ1) is 9.82. The molecule has 0 bridgehead atoms. The van der Waals surface area contributed by atoms with Gasteiger partial charge in [-0.2, -0.15) is 0 Å². The molecule has 1 fully saturated rings. The van der Waals surface area contributed by atoms with Crippen molar-refractivity contribution in [3.63, 3.8) is 0 Å². The Hall–Kier alpha value is -1.36. The van der Waals surface area contributed by atoms with Gasteiger partial charge in [-0.25, -0.2) is 9.97 Å². The number of hydrogen-bond acceptors (Lipinski definition) is 5. The molecule has 2 rings (SSSR count). The van der Waals surface area contributed by atoms with Crippen LogP contribution in [0.1, 0.15) is 53.3 Å². The molecule has 0 amide bonds. The Balaban J connectivity index is 2.26. The van der Waals surface area contributed by atoms with Crippen LogP contribution in [0.5, 0.6) is 0 Å². The summed E-state index contributed by atoms with van der Waals surface area (Å²) in [6, 6.07) is 1.99. The quantitative estimate of drug-likeness (QED) is 0.873. The predicted octanol–water partition coefficient (Wildman–Crippen LogP) is 3.19. The van der Waals surface area contributed by atoms with Crippen LogP contribution >= 0.6 is 0 Å². The largest absolute Gasteiger partial charge is 0.379 e. The van der Waals surface area contributed by atoms with Gasteiger partial charge in [0.25, 0.3) is 0 Å². The smallest absolute Gasteiger partial charge is 0.138 e. The molecular formula is C16H28N4O. The molecule has 1 aliphatic heterocycles. The van der Waals surface area contributed by atoms with Crippen molar-refractivity contribution in [3.8, 4) is 0 Å². The molecule has 1 unspecified atom stereocenters. The number of ether oxygens (including phenoxy) is 1. The van der Waals surface area contributed by atoms with Crippen LogP contribution in [0.15, 0.2) is 6.07 Å². The zero-order valence-corrected chi connectivity index (χ0v) is 13.9. The van der Waals surface area contributed by atoms with Crippen molar-refractivity contribution in [2.45, 2.75) is 58.4 Å². The maximum absolute atomic E-state index is 5.50. The van der Waals surface area contributed by atoms with Crippen LogP contribution in [-0.2, 0) is 10.2 Å². The third-order valence-corrected chi connectivity index (χ3v) is 3.60. The first-order valence-electron chi connectivity index (χ1n) is 7.82. The summed E-state index contributed by atoms with van der Waals surface area (Å²) in [4.78, 5) is 9.35. The first kappa shape index (κ1) is 16.0. The van der Waals surface area contributed by atoms with Crippen LogP contribution in [0.2, 0.25) is 0 Å². The highest BCUT2D eigenvalue weighted by Gasteiger charge is 2.30. The Morgan fingerprint density at radius 2 is 2.00 bits per heavy atom. The molecule has 0 radical (unpaired) electrons. The van der Waals surface area contributed by atoms with E-state index < -0.39 is 0 Å². The molecule has 1 aromatic heterocycles. The van der Waals surface area contributed by atoms with Crippen LogP contribution in [0.25, 0.3) is 0 Å². The Labute approximate surface area is 127 Å². The van der Waals surface area contributed by atoms with Gasteiger partial charge in [-0.3, -0.25) is 0 Å². The monoisotopic (exact) mass is 292 g/mol. The zero-order valence-electron chi connectivity index (χ0n) is 13.9. The molecule has 1 saturated heterocycles. The number of nitrogens with one attached hydrogen (secondary N) is 2. The Bertz CT molecular complexity index is 476. The lowest BCUT2D eigenvalue weighted by atomic mass is 9.95. The van der Waals surface area contributed by atoms with E-state index in [0.29, 0.717) is 0 Å². The minimum absolute atomic E-state index is 0.0362. The average molecular weight is 292 g/mol. The molecule has 21 heavy (non-hydrogen) atoms. The van der Waals surface area contributed by atoms with Crippen molar-refractivity contribution in [1.82, 2.24) is 9.97 Å². The predicted molar refractivity (Wildman–Crippen MR) is 87.0 cm³/mol. The highest BCUT2D eigenvalue weighted by atomic mass is 16.5. The molecule has 1 aromatic rings. The van der Waals surface area contributed by atoms with Crippen molar-refractivity contribution in [2.24, 2.45) is 0 Å². The molecule has 2 N–H and O–H groups in total. The van der Waals surface area contributed by atoms with Crippen molar-refractivity contribution in [2.75, 3.05) is 30.4 Å². The molecule has 5 nitrogen and oxygen atoms in total. The van der Waals surface area contributed by atoms with E-state index in [4.69, 9.17) is 9.72 Å². The van der Waals surface area contributed by atoms with Gasteiger partial charge < -0.3 is 15.4 Å². The lowest BCUT2D eigenvalue weighted by Gasteiger charge is -2.26. The second kappa shape index (κ2) is 6.18. The summed E-state index contributed by atoms with van der Waals surface area (Å²) >= 11 is 0. The summed E-state index contributed by atoms with van der Waals surface area (Å²) in [6.07, 6.45) is 2.07. The van der Waals surface area contributed by atoms with Crippen molar-refractivity contribution in [1.29, 1.82) is 0 Å². The van der Waals surface area contributed by atoms with Crippen LogP contribution in [0, 0.1) is 0 Å². The van der Waals surface area contributed by atoms with Crippen LogP contribution in [0.3, 0.4) is 0 Å². The van der Waals surface area contributed by atoms with Gasteiger partial charge in [-0.15, -0.1) is 0 Å². The SMILES string of the molecule is CCCNc1cc(NC2(C)CCOC2)nc(C(C)(C)C)n1. The normalized spacial score (nSPS) is 22.3. The molecule has 1 aliphatic rings. The molecule has 0 spiro atoms. The third-order valence-electron chi connectivity index (χ3n) is 3.60. The highest BCUT2D eigenvalue weighted by molar-refractivity contribution is 5.49. The van der Waals surface area contributed by atoms with E-state index in [1.54, 1.807) is 0 Å². The third kappa shape index (κ3) is 4.30. The van der Waals surface area contributed by atoms with Gasteiger partial charge in [0.2, 0.25) is 0 Å². The molecule has 0 saturated carbocycles. The summed E-state index contributed by atoms with van der Waals surface area (Å²) in [7, 11) is 0. The van der Waals surface area contributed by atoms with E-state index in [0.717, 1.165) is 50.1 Å². The van der Waals surface area contributed by atoms with Crippen LogP contribution < -0.4 is 10.6 Å². The average Bonchev–Trinajstić information content (AvgIpc) is 2.81. The Kier molecular flexibility index (Phi) is 4.71. The molecule has 1 atom stereocenters. The van der Waals surface area contributed by atoms with E-state index in [2.05, 4.69) is 50.2 Å². The van der Waals surface area contributed by atoms with E-state index in [9.17, 15) is 0 Å². The topological polar surface area (TPSA) is 59.1 Å². The fourth-order valence-electron chi connectivity index (χ4n) is 2.27. The van der Waals surface area contributed by atoms with Gasteiger partial charge >= 0.3 is 0 Å². The second-order valence-electron chi connectivity index (χ2n) is 7.13. The highest BCUT2D eigenvalue weighted by Crippen LogP contribution is 2.26. The minimum Gasteiger partial charge on any atom is -0.379 e. The fraction of sp³-hybridized carbons (Fsp3) is 0.750. The van der Waals surface area contributed by atoms with Gasteiger partial charge in [-0.05, 0) is 19.8 Å². The van der Waals surface area contributed by atoms with Gasteiger partial charge in [-0.1, -0.05) is 27.7 Å². The minimum atomic E-state index is -0.0760. The maximum atomic E-state index is 5.50. The van der Waals surface area contributed by atoms with Gasteiger partial charge in [0.1, 0.15) is 17.5 Å². The molecule has 0 aromatic carbocycles. The number of anilines is 2. The lowest BCUT2D eigenvalue weighted by Crippen LogP contribution is -2.35. The summed E-state index contributed by atoms with van der Waals surface area (Å²) in [5.41, 5.74) is -0.112. The first-order valence-corrected chi connectivity index (χ1v) is 7.82. The lowest BCUT2D eigenvalue weighted by molar-refractivity contribution is 0.185. The summed E-state index contributed by atoms with van der Waals surface area (Å²) in [5.74, 6) is 2.62. The van der Waals surface area contributed by atoms with E-state index in [1.807, 2.05) is 6.07 Å². The zero-order chi connectivity index (χ0) is 15.5. The number of nitrogens with zero attached hydrogens (tertiary/aromatic N) is 2. The Morgan fingerprint density at radius 1 is 1.29 bits per heavy atom. The summed E-state index contributed by atoms with van der Waals surface area (Å²) in [6.45, 7) is 13.2. The number of rotatable bonds is 5. The maximum Gasteiger partial charge on any atom is 0.138 e. The van der Waals surface area contributed by atoms with E-state index in [1.165, 1.54) is 0 Å². The van der Waals surface area contributed by atoms with Crippen LogP contribution in [-0.4, -0.2) is 35.3 Å². The standard InChI is InChI=1S/C16H28N4O/c1-6-8-17-12-10-13(19-14(18-12)15(2,3)4)20-16(5)7-9-21-11-16/h10H,6-9,11H2,1-5H3,(H2,17,18,19,20). The Morgan fingerprint density at radius 3 is 2.57 bits per heavy atom.